The number of hydrogen-bond acceptors (Lipinski definition) is 4. The third-order valence-corrected chi connectivity index (χ3v) is 3.78. The number of nitrogens with one attached hydrogen (secondary N) is 2. The molecular formula is C15H18N4O2. The van der Waals surface area contributed by atoms with E-state index in [9.17, 15) is 9.59 Å². The van der Waals surface area contributed by atoms with Gasteiger partial charge in [-0.25, -0.2) is 4.98 Å². The van der Waals surface area contributed by atoms with Crippen LogP contribution in [0.3, 0.4) is 0 Å². The first kappa shape index (κ1) is 13.8. The van der Waals surface area contributed by atoms with Crippen molar-refractivity contribution in [2.45, 2.75) is 25.8 Å². The van der Waals surface area contributed by atoms with E-state index < -0.39 is 0 Å². The van der Waals surface area contributed by atoms with Crippen LogP contribution in [-0.4, -0.2) is 34.4 Å². The van der Waals surface area contributed by atoms with Crippen molar-refractivity contribution in [1.82, 2.24) is 20.0 Å². The molecule has 1 aliphatic rings. The first-order valence-corrected chi connectivity index (χ1v) is 7.15. The molecule has 0 unspecified atom stereocenters. The predicted octanol–water partition coefficient (Wildman–Crippen LogP) is 0.485. The third-order valence-electron chi connectivity index (χ3n) is 3.78. The van der Waals surface area contributed by atoms with E-state index in [0.29, 0.717) is 5.65 Å². The van der Waals surface area contributed by atoms with E-state index >= 15 is 0 Å². The summed E-state index contributed by atoms with van der Waals surface area (Å²) in [6.45, 7) is 3.71. The van der Waals surface area contributed by atoms with E-state index in [-0.39, 0.29) is 23.1 Å². The Labute approximate surface area is 122 Å². The van der Waals surface area contributed by atoms with Crippen molar-refractivity contribution in [2.24, 2.45) is 0 Å². The number of rotatable bonds is 2. The van der Waals surface area contributed by atoms with Gasteiger partial charge in [0.1, 0.15) is 11.2 Å². The number of carbonyl (C=O) groups is 1. The van der Waals surface area contributed by atoms with Gasteiger partial charge in [0.15, 0.2) is 0 Å². The zero-order chi connectivity index (χ0) is 14.8. The lowest BCUT2D eigenvalue weighted by molar-refractivity contribution is 0.0927. The van der Waals surface area contributed by atoms with Crippen molar-refractivity contribution < 1.29 is 4.79 Å². The van der Waals surface area contributed by atoms with Crippen molar-refractivity contribution in [3.05, 3.63) is 46.0 Å². The maximum absolute atomic E-state index is 12.4. The van der Waals surface area contributed by atoms with Gasteiger partial charge < -0.3 is 10.6 Å². The predicted molar refractivity (Wildman–Crippen MR) is 79.6 cm³/mol. The number of hydrogen-bond donors (Lipinski definition) is 2. The number of piperidine rings is 1. The summed E-state index contributed by atoms with van der Waals surface area (Å²) in [5.74, 6) is -0.339. The van der Waals surface area contributed by atoms with Crippen molar-refractivity contribution >= 4 is 11.6 Å². The molecule has 0 spiro atoms. The molecule has 3 heterocycles. The molecule has 1 fully saturated rings. The normalized spacial score (nSPS) is 16.0. The molecule has 1 aliphatic heterocycles. The molecule has 2 aromatic heterocycles. The standard InChI is InChI=1S/C15H18N4O2/c1-10-4-7-19-13(8-10)17-9-12(15(19)21)14(20)18-11-2-5-16-6-3-11/h4,7-9,11,16H,2-3,5-6H2,1H3,(H,18,20). The second-order valence-electron chi connectivity index (χ2n) is 5.41. The average Bonchev–Trinajstić information content (AvgIpc) is 2.48. The van der Waals surface area contributed by atoms with Crippen LogP contribution in [0.1, 0.15) is 28.8 Å². The SMILES string of the molecule is Cc1ccn2c(=O)c(C(=O)NC3CCNCC3)cnc2c1. The van der Waals surface area contributed by atoms with Gasteiger partial charge in [0.25, 0.3) is 11.5 Å². The monoisotopic (exact) mass is 286 g/mol. The second kappa shape index (κ2) is 5.65. The largest absolute Gasteiger partial charge is 0.349 e. The minimum Gasteiger partial charge on any atom is -0.349 e. The topological polar surface area (TPSA) is 75.5 Å². The first-order chi connectivity index (χ1) is 10.1. The molecule has 2 aromatic rings. The Morgan fingerprint density at radius 1 is 1.43 bits per heavy atom. The Bertz CT molecular complexity index is 732. The van der Waals surface area contributed by atoms with E-state index in [1.54, 1.807) is 6.20 Å². The number of nitrogens with zero attached hydrogens (tertiary/aromatic N) is 2. The third kappa shape index (κ3) is 2.80. The quantitative estimate of drug-likeness (QED) is 0.842. The van der Waals surface area contributed by atoms with Gasteiger partial charge in [0, 0.05) is 18.4 Å². The molecule has 0 radical (unpaired) electrons. The highest BCUT2D eigenvalue weighted by Crippen LogP contribution is 2.05. The molecule has 110 valence electrons. The summed E-state index contributed by atoms with van der Waals surface area (Å²) in [4.78, 5) is 28.8. The lowest BCUT2D eigenvalue weighted by Crippen LogP contribution is -2.44. The molecule has 2 N–H and O–H groups in total. The molecule has 0 aromatic carbocycles. The number of amides is 1. The van der Waals surface area contributed by atoms with E-state index in [4.69, 9.17) is 0 Å². The van der Waals surface area contributed by atoms with Gasteiger partial charge in [-0.05, 0) is 50.6 Å². The lowest BCUT2D eigenvalue weighted by Gasteiger charge is -2.23. The number of aryl methyl sites for hydroxylation is 1. The summed E-state index contributed by atoms with van der Waals surface area (Å²) in [6, 6.07) is 3.76. The molecule has 1 amide bonds. The maximum Gasteiger partial charge on any atom is 0.270 e. The van der Waals surface area contributed by atoms with Gasteiger partial charge >= 0.3 is 0 Å². The average molecular weight is 286 g/mol. The van der Waals surface area contributed by atoms with Crippen LogP contribution in [0.25, 0.3) is 5.65 Å². The van der Waals surface area contributed by atoms with Crippen molar-refractivity contribution in [3.8, 4) is 0 Å². The molecule has 0 bridgehead atoms. The van der Waals surface area contributed by atoms with Crippen LogP contribution in [0.5, 0.6) is 0 Å². The fraction of sp³-hybridized carbons (Fsp3) is 0.400. The summed E-state index contributed by atoms with van der Waals surface area (Å²) in [5, 5.41) is 6.16. The fourth-order valence-electron chi connectivity index (χ4n) is 2.56. The van der Waals surface area contributed by atoms with Crippen LogP contribution in [0.4, 0.5) is 0 Å². The van der Waals surface area contributed by atoms with Crippen molar-refractivity contribution in [1.29, 1.82) is 0 Å². The Morgan fingerprint density at radius 3 is 2.95 bits per heavy atom. The van der Waals surface area contributed by atoms with Crippen molar-refractivity contribution in [2.75, 3.05) is 13.1 Å². The molecule has 0 aliphatic carbocycles. The zero-order valence-corrected chi connectivity index (χ0v) is 11.9. The van der Waals surface area contributed by atoms with Crippen molar-refractivity contribution in [3.63, 3.8) is 0 Å². The van der Waals surface area contributed by atoms with E-state index in [0.717, 1.165) is 31.5 Å². The van der Waals surface area contributed by atoms with Gasteiger partial charge in [-0.15, -0.1) is 0 Å². The first-order valence-electron chi connectivity index (χ1n) is 7.15. The van der Waals surface area contributed by atoms with Gasteiger partial charge in [0.05, 0.1) is 0 Å². The highest BCUT2D eigenvalue weighted by Gasteiger charge is 2.19. The van der Waals surface area contributed by atoms with E-state index in [1.165, 1.54) is 10.6 Å². The summed E-state index contributed by atoms with van der Waals surface area (Å²) in [5.41, 5.74) is 1.34. The van der Waals surface area contributed by atoms with Crippen LogP contribution in [-0.2, 0) is 0 Å². The Hall–Kier alpha value is -2.21. The molecule has 6 heteroatoms. The van der Waals surface area contributed by atoms with Crippen LogP contribution >= 0.6 is 0 Å². The molecule has 0 saturated carbocycles. The lowest BCUT2D eigenvalue weighted by atomic mass is 10.1. The van der Waals surface area contributed by atoms with Crippen LogP contribution in [0, 0.1) is 6.92 Å². The second-order valence-corrected chi connectivity index (χ2v) is 5.41. The Kier molecular flexibility index (Phi) is 3.70. The number of fused-ring (bicyclic) bond motifs is 1. The Morgan fingerprint density at radius 2 is 2.19 bits per heavy atom. The summed E-state index contributed by atoms with van der Waals surface area (Å²) in [6.07, 6.45) is 4.79. The number of pyridine rings is 1. The smallest absolute Gasteiger partial charge is 0.270 e. The maximum atomic E-state index is 12.4. The van der Waals surface area contributed by atoms with Crippen LogP contribution in [0.15, 0.2) is 29.3 Å². The van der Waals surface area contributed by atoms with Crippen LogP contribution in [0.2, 0.25) is 0 Å². The molecule has 6 nitrogen and oxygen atoms in total. The van der Waals surface area contributed by atoms with E-state index in [1.807, 2.05) is 19.1 Å². The van der Waals surface area contributed by atoms with Gasteiger partial charge in [0.2, 0.25) is 0 Å². The van der Waals surface area contributed by atoms with Gasteiger partial charge in [-0.2, -0.15) is 0 Å². The summed E-state index contributed by atoms with van der Waals surface area (Å²) >= 11 is 0. The number of aromatic nitrogens is 2. The minimum atomic E-state index is -0.339. The molecule has 0 atom stereocenters. The molecule has 21 heavy (non-hydrogen) atoms. The van der Waals surface area contributed by atoms with E-state index in [2.05, 4.69) is 15.6 Å². The van der Waals surface area contributed by atoms with Crippen LogP contribution < -0.4 is 16.2 Å². The summed E-state index contributed by atoms with van der Waals surface area (Å²) < 4.78 is 1.41. The number of carbonyl (C=O) groups excluding carboxylic acids is 1. The molecular weight excluding hydrogens is 268 g/mol. The fourth-order valence-corrected chi connectivity index (χ4v) is 2.56. The summed E-state index contributed by atoms with van der Waals surface area (Å²) in [7, 11) is 0. The molecule has 1 saturated heterocycles. The van der Waals surface area contributed by atoms with Gasteiger partial charge in [-0.1, -0.05) is 0 Å². The Balaban J connectivity index is 1.89. The molecule has 3 rings (SSSR count). The zero-order valence-electron chi connectivity index (χ0n) is 11.9. The van der Waals surface area contributed by atoms with Gasteiger partial charge in [-0.3, -0.25) is 14.0 Å². The highest BCUT2D eigenvalue weighted by molar-refractivity contribution is 5.93. The minimum absolute atomic E-state index is 0.0925. The highest BCUT2D eigenvalue weighted by atomic mass is 16.2.